The van der Waals surface area contributed by atoms with E-state index in [9.17, 15) is 4.79 Å². The van der Waals surface area contributed by atoms with Crippen LogP contribution < -0.4 is 10.1 Å². The SMILES string of the molecule is CCC(Oc1ccc(C)c(C)c1)C(=O)NCCSCc1cccc(C)c1. The zero-order valence-electron chi connectivity index (χ0n) is 16.2. The van der Waals surface area contributed by atoms with Gasteiger partial charge in [-0.2, -0.15) is 11.8 Å². The molecule has 3 nitrogen and oxygen atoms in total. The van der Waals surface area contributed by atoms with Gasteiger partial charge in [0.25, 0.3) is 5.91 Å². The summed E-state index contributed by atoms with van der Waals surface area (Å²) in [5.74, 6) is 2.57. The first-order valence-electron chi connectivity index (χ1n) is 9.14. The van der Waals surface area contributed by atoms with Crippen LogP contribution in [0.3, 0.4) is 0 Å². The van der Waals surface area contributed by atoms with Crippen molar-refractivity contribution >= 4 is 17.7 Å². The average Bonchev–Trinajstić information content (AvgIpc) is 2.62. The molecule has 0 bridgehead atoms. The maximum absolute atomic E-state index is 12.4. The van der Waals surface area contributed by atoms with Gasteiger partial charge in [0.1, 0.15) is 5.75 Å². The summed E-state index contributed by atoms with van der Waals surface area (Å²) in [5, 5.41) is 2.99. The van der Waals surface area contributed by atoms with Crippen molar-refractivity contribution in [3.05, 3.63) is 64.7 Å². The lowest BCUT2D eigenvalue weighted by atomic mass is 10.1. The van der Waals surface area contributed by atoms with E-state index < -0.39 is 6.10 Å². The molecule has 26 heavy (non-hydrogen) atoms. The molecular weight excluding hydrogens is 342 g/mol. The van der Waals surface area contributed by atoms with Gasteiger partial charge in [0.2, 0.25) is 0 Å². The predicted molar refractivity (Wildman–Crippen MR) is 111 cm³/mol. The zero-order valence-corrected chi connectivity index (χ0v) is 17.0. The first-order chi connectivity index (χ1) is 12.5. The van der Waals surface area contributed by atoms with E-state index in [1.807, 2.05) is 36.9 Å². The van der Waals surface area contributed by atoms with Crippen molar-refractivity contribution in [3.63, 3.8) is 0 Å². The Labute approximate surface area is 161 Å². The standard InChI is InChI=1S/C22H29NO2S/c1-5-21(25-20-10-9-17(3)18(4)14-20)22(24)23-11-12-26-15-19-8-6-7-16(2)13-19/h6-10,13-14,21H,5,11-12,15H2,1-4H3,(H,23,24). The fourth-order valence-corrected chi connectivity index (χ4v) is 3.43. The summed E-state index contributed by atoms with van der Waals surface area (Å²) in [5.41, 5.74) is 5.00. The minimum absolute atomic E-state index is 0.0399. The summed E-state index contributed by atoms with van der Waals surface area (Å²) in [6.45, 7) is 8.85. The van der Waals surface area contributed by atoms with E-state index in [2.05, 4.69) is 50.4 Å². The smallest absolute Gasteiger partial charge is 0.261 e. The first kappa shape index (κ1) is 20.4. The van der Waals surface area contributed by atoms with E-state index in [1.54, 1.807) is 0 Å². The quantitative estimate of drug-likeness (QED) is 0.642. The van der Waals surface area contributed by atoms with Crippen LogP contribution >= 0.6 is 11.8 Å². The molecule has 0 aliphatic carbocycles. The summed E-state index contributed by atoms with van der Waals surface area (Å²) >= 11 is 1.83. The number of amides is 1. The lowest BCUT2D eigenvalue weighted by Gasteiger charge is -2.18. The normalized spacial score (nSPS) is 11.8. The third kappa shape index (κ3) is 6.41. The summed E-state index contributed by atoms with van der Waals surface area (Å²) in [6.07, 6.45) is 0.203. The number of carbonyl (C=O) groups excluding carboxylic acids is 1. The third-order valence-electron chi connectivity index (χ3n) is 4.32. The Morgan fingerprint density at radius 3 is 2.62 bits per heavy atom. The van der Waals surface area contributed by atoms with Gasteiger partial charge in [0, 0.05) is 18.1 Å². The Balaban J connectivity index is 1.73. The Hall–Kier alpha value is -1.94. The van der Waals surface area contributed by atoms with Crippen LogP contribution in [0.2, 0.25) is 0 Å². The maximum atomic E-state index is 12.4. The second-order valence-electron chi connectivity index (χ2n) is 6.59. The fraction of sp³-hybridized carbons (Fsp3) is 0.409. The number of ether oxygens (including phenoxy) is 1. The van der Waals surface area contributed by atoms with Gasteiger partial charge in [-0.25, -0.2) is 0 Å². The molecule has 0 aliphatic rings. The summed E-state index contributed by atoms with van der Waals surface area (Å²) < 4.78 is 5.88. The molecule has 0 fully saturated rings. The van der Waals surface area contributed by atoms with Crippen molar-refractivity contribution in [2.45, 2.75) is 46.0 Å². The van der Waals surface area contributed by atoms with Crippen LogP contribution in [-0.2, 0) is 10.5 Å². The minimum Gasteiger partial charge on any atom is -0.481 e. The number of rotatable bonds is 9. The molecule has 4 heteroatoms. The molecule has 1 amide bonds. The van der Waals surface area contributed by atoms with E-state index in [1.165, 1.54) is 22.3 Å². The van der Waals surface area contributed by atoms with Gasteiger partial charge in [-0.15, -0.1) is 0 Å². The highest BCUT2D eigenvalue weighted by molar-refractivity contribution is 7.98. The maximum Gasteiger partial charge on any atom is 0.261 e. The minimum atomic E-state index is -0.445. The lowest BCUT2D eigenvalue weighted by molar-refractivity contribution is -0.127. The highest BCUT2D eigenvalue weighted by atomic mass is 32.2. The number of nitrogens with one attached hydrogen (secondary N) is 1. The molecule has 2 aromatic rings. The van der Waals surface area contributed by atoms with Gasteiger partial charge in [-0.05, 0) is 56.0 Å². The summed E-state index contributed by atoms with van der Waals surface area (Å²) in [6, 6.07) is 14.5. The van der Waals surface area contributed by atoms with Crippen molar-refractivity contribution in [3.8, 4) is 5.75 Å². The van der Waals surface area contributed by atoms with Gasteiger partial charge in [-0.1, -0.05) is 42.8 Å². The number of hydrogen-bond acceptors (Lipinski definition) is 3. The highest BCUT2D eigenvalue weighted by Crippen LogP contribution is 2.18. The highest BCUT2D eigenvalue weighted by Gasteiger charge is 2.18. The lowest BCUT2D eigenvalue weighted by Crippen LogP contribution is -2.39. The van der Waals surface area contributed by atoms with Gasteiger partial charge in [-0.3, -0.25) is 4.79 Å². The Morgan fingerprint density at radius 2 is 1.92 bits per heavy atom. The molecule has 0 aromatic heterocycles. The van der Waals surface area contributed by atoms with Crippen molar-refractivity contribution < 1.29 is 9.53 Å². The fourth-order valence-electron chi connectivity index (χ4n) is 2.63. The topological polar surface area (TPSA) is 38.3 Å². The first-order valence-corrected chi connectivity index (χ1v) is 10.3. The largest absolute Gasteiger partial charge is 0.481 e. The molecular formula is C22H29NO2S. The van der Waals surface area contributed by atoms with E-state index in [0.717, 1.165) is 17.3 Å². The van der Waals surface area contributed by atoms with E-state index in [0.29, 0.717) is 13.0 Å². The molecule has 140 valence electrons. The second kappa shape index (κ2) is 10.3. The molecule has 0 heterocycles. The molecule has 0 spiro atoms. The molecule has 0 radical (unpaired) electrons. The molecule has 2 aromatic carbocycles. The second-order valence-corrected chi connectivity index (χ2v) is 7.70. The average molecular weight is 372 g/mol. The van der Waals surface area contributed by atoms with Crippen LogP contribution in [0.25, 0.3) is 0 Å². The monoisotopic (exact) mass is 371 g/mol. The van der Waals surface area contributed by atoms with E-state index >= 15 is 0 Å². The molecule has 1 N–H and O–H groups in total. The molecule has 1 unspecified atom stereocenters. The molecule has 0 aliphatic heterocycles. The molecule has 0 saturated heterocycles. The van der Waals surface area contributed by atoms with Crippen LogP contribution in [0.1, 0.15) is 35.6 Å². The number of benzene rings is 2. The van der Waals surface area contributed by atoms with Crippen LogP contribution in [0.4, 0.5) is 0 Å². The van der Waals surface area contributed by atoms with Gasteiger partial charge >= 0.3 is 0 Å². The van der Waals surface area contributed by atoms with Crippen LogP contribution in [-0.4, -0.2) is 24.3 Å². The Bertz CT molecular complexity index is 730. The van der Waals surface area contributed by atoms with Gasteiger partial charge in [0.05, 0.1) is 0 Å². The van der Waals surface area contributed by atoms with E-state index in [-0.39, 0.29) is 5.91 Å². The van der Waals surface area contributed by atoms with Crippen molar-refractivity contribution in [1.29, 1.82) is 0 Å². The predicted octanol–water partition coefficient (Wildman–Crippen LogP) is 4.82. The van der Waals surface area contributed by atoms with Crippen molar-refractivity contribution in [2.24, 2.45) is 0 Å². The van der Waals surface area contributed by atoms with Crippen molar-refractivity contribution in [2.75, 3.05) is 12.3 Å². The number of aryl methyl sites for hydroxylation is 3. The van der Waals surface area contributed by atoms with Crippen molar-refractivity contribution in [1.82, 2.24) is 5.32 Å². The molecule has 2 rings (SSSR count). The Kier molecular flexibility index (Phi) is 8.05. The molecule has 1 atom stereocenters. The third-order valence-corrected chi connectivity index (χ3v) is 5.35. The van der Waals surface area contributed by atoms with Crippen LogP contribution in [0.15, 0.2) is 42.5 Å². The Morgan fingerprint density at radius 1 is 1.12 bits per heavy atom. The zero-order chi connectivity index (χ0) is 18.9. The summed E-state index contributed by atoms with van der Waals surface area (Å²) in [7, 11) is 0. The number of thioether (sulfide) groups is 1. The van der Waals surface area contributed by atoms with Crippen LogP contribution in [0.5, 0.6) is 5.75 Å². The van der Waals surface area contributed by atoms with Crippen LogP contribution in [0, 0.1) is 20.8 Å². The van der Waals surface area contributed by atoms with E-state index in [4.69, 9.17) is 4.74 Å². The van der Waals surface area contributed by atoms with Gasteiger partial charge < -0.3 is 10.1 Å². The van der Waals surface area contributed by atoms with Gasteiger partial charge in [0.15, 0.2) is 6.10 Å². The molecule has 0 saturated carbocycles. The number of hydrogen-bond donors (Lipinski definition) is 1. The summed E-state index contributed by atoms with van der Waals surface area (Å²) in [4.78, 5) is 12.4. The number of carbonyl (C=O) groups is 1.